The van der Waals surface area contributed by atoms with Crippen LogP contribution in [0.2, 0.25) is 0 Å². The molecular weight excluding hydrogens is 274 g/mol. The van der Waals surface area contributed by atoms with Gasteiger partial charge in [-0.15, -0.1) is 0 Å². The molecule has 22 heavy (non-hydrogen) atoms. The maximum absolute atomic E-state index is 6.03. The van der Waals surface area contributed by atoms with E-state index in [-0.39, 0.29) is 6.10 Å². The molecule has 0 spiro atoms. The highest BCUT2D eigenvalue weighted by Gasteiger charge is 2.07. The van der Waals surface area contributed by atoms with Gasteiger partial charge < -0.3 is 14.8 Å². The molecule has 118 valence electrons. The van der Waals surface area contributed by atoms with Crippen molar-refractivity contribution in [1.29, 1.82) is 0 Å². The number of rotatable bonds is 7. The van der Waals surface area contributed by atoms with E-state index < -0.39 is 0 Å². The van der Waals surface area contributed by atoms with Crippen LogP contribution in [0.25, 0.3) is 0 Å². The van der Waals surface area contributed by atoms with Crippen LogP contribution in [0, 0.1) is 13.8 Å². The van der Waals surface area contributed by atoms with E-state index in [1.54, 1.807) is 0 Å². The molecule has 0 saturated carbocycles. The fourth-order valence-electron chi connectivity index (χ4n) is 2.22. The number of nitrogens with one attached hydrogen (secondary N) is 1. The largest absolute Gasteiger partial charge is 0.494 e. The van der Waals surface area contributed by atoms with Crippen LogP contribution in [-0.4, -0.2) is 19.3 Å². The van der Waals surface area contributed by atoms with Gasteiger partial charge in [-0.3, -0.25) is 0 Å². The van der Waals surface area contributed by atoms with Crippen LogP contribution >= 0.6 is 0 Å². The first-order valence-electron chi connectivity index (χ1n) is 7.79. The molecule has 1 N–H and O–H groups in total. The highest BCUT2D eigenvalue weighted by atomic mass is 16.5. The second-order valence-electron chi connectivity index (χ2n) is 5.54. The molecule has 0 aliphatic carbocycles. The highest BCUT2D eigenvalue weighted by Crippen LogP contribution is 2.21. The Kier molecular flexibility index (Phi) is 5.70. The molecule has 1 unspecified atom stereocenters. The summed E-state index contributed by atoms with van der Waals surface area (Å²) >= 11 is 0. The van der Waals surface area contributed by atoms with E-state index >= 15 is 0 Å². The number of hydrogen-bond acceptors (Lipinski definition) is 3. The number of benzene rings is 2. The van der Waals surface area contributed by atoms with Crippen molar-refractivity contribution in [1.82, 2.24) is 0 Å². The van der Waals surface area contributed by atoms with Crippen LogP contribution in [0.3, 0.4) is 0 Å². The molecule has 0 bridgehead atoms. The quantitative estimate of drug-likeness (QED) is 0.811. The molecule has 0 aliphatic heterocycles. The van der Waals surface area contributed by atoms with E-state index in [9.17, 15) is 0 Å². The average Bonchev–Trinajstić information content (AvgIpc) is 2.50. The number of anilines is 1. The van der Waals surface area contributed by atoms with Crippen molar-refractivity contribution in [3.05, 3.63) is 53.6 Å². The minimum Gasteiger partial charge on any atom is -0.494 e. The first-order chi connectivity index (χ1) is 10.6. The van der Waals surface area contributed by atoms with Gasteiger partial charge in [0.25, 0.3) is 0 Å². The Hall–Kier alpha value is -2.16. The minimum atomic E-state index is 0.0799. The monoisotopic (exact) mass is 299 g/mol. The molecule has 2 aromatic carbocycles. The number of aryl methyl sites for hydroxylation is 2. The zero-order valence-corrected chi connectivity index (χ0v) is 13.8. The van der Waals surface area contributed by atoms with E-state index in [1.165, 1.54) is 5.56 Å². The van der Waals surface area contributed by atoms with Gasteiger partial charge in [-0.05, 0) is 57.0 Å². The zero-order chi connectivity index (χ0) is 15.9. The van der Waals surface area contributed by atoms with Gasteiger partial charge in [0.1, 0.15) is 17.6 Å². The molecule has 0 aliphatic rings. The Morgan fingerprint density at radius 1 is 1.09 bits per heavy atom. The molecule has 0 radical (unpaired) electrons. The summed E-state index contributed by atoms with van der Waals surface area (Å²) in [6.45, 7) is 9.62. The average molecular weight is 299 g/mol. The highest BCUT2D eigenvalue weighted by molar-refractivity contribution is 5.48. The molecule has 0 fully saturated rings. The summed E-state index contributed by atoms with van der Waals surface area (Å²) in [6.07, 6.45) is 0.0799. The van der Waals surface area contributed by atoms with Gasteiger partial charge in [0.05, 0.1) is 13.2 Å². The molecule has 2 aromatic rings. The summed E-state index contributed by atoms with van der Waals surface area (Å²) in [5, 5.41) is 3.39. The molecule has 0 amide bonds. The molecule has 0 aromatic heterocycles. The lowest BCUT2D eigenvalue weighted by molar-refractivity contribution is 0.233. The van der Waals surface area contributed by atoms with Gasteiger partial charge in [-0.25, -0.2) is 0 Å². The minimum absolute atomic E-state index is 0.0799. The van der Waals surface area contributed by atoms with Crippen molar-refractivity contribution < 1.29 is 9.47 Å². The standard InChI is InChI=1S/C19H25NO2/c1-5-21-18-8-6-7-17(12-18)20-13-16(4)22-19-11-14(2)9-10-15(19)3/h6-12,16,20H,5,13H2,1-4H3. The van der Waals surface area contributed by atoms with E-state index in [2.05, 4.69) is 44.3 Å². The molecule has 0 saturated heterocycles. The lowest BCUT2D eigenvalue weighted by Gasteiger charge is -2.18. The van der Waals surface area contributed by atoms with Gasteiger partial charge >= 0.3 is 0 Å². The van der Waals surface area contributed by atoms with Crippen molar-refractivity contribution in [2.45, 2.75) is 33.8 Å². The molecule has 2 rings (SSSR count). The summed E-state index contributed by atoms with van der Waals surface area (Å²) in [7, 11) is 0. The Bertz CT molecular complexity index is 610. The Morgan fingerprint density at radius 2 is 1.91 bits per heavy atom. The first kappa shape index (κ1) is 16.2. The summed E-state index contributed by atoms with van der Waals surface area (Å²) in [5.41, 5.74) is 3.42. The van der Waals surface area contributed by atoms with Gasteiger partial charge in [0, 0.05) is 11.8 Å². The first-order valence-corrected chi connectivity index (χ1v) is 7.79. The number of ether oxygens (including phenoxy) is 2. The number of hydrogen-bond donors (Lipinski definition) is 1. The zero-order valence-electron chi connectivity index (χ0n) is 13.8. The fraction of sp³-hybridized carbons (Fsp3) is 0.368. The summed E-state index contributed by atoms with van der Waals surface area (Å²) in [4.78, 5) is 0. The van der Waals surface area contributed by atoms with Gasteiger partial charge in [0.2, 0.25) is 0 Å². The maximum atomic E-state index is 6.03. The third kappa shape index (κ3) is 4.69. The van der Waals surface area contributed by atoms with E-state index in [0.717, 1.165) is 29.3 Å². The van der Waals surface area contributed by atoms with Gasteiger partial charge in [-0.2, -0.15) is 0 Å². The SMILES string of the molecule is CCOc1cccc(NCC(C)Oc2cc(C)ccc2C)c1. The second-order valence-corrected chi connectivity index (χ2v) is 5.54. The Morgan fingerprint density at radius 3 is 2.68 bits per heavy atom. The summed E-state index contributed by atoms with van der Waals surface area (Å²) in [6, 6.07) is 14.3. The fourth-order valence-corrected chi connectivity index (χ4v) is 2.22. The third-order valence-electron chi connectivity index (χ3n) is 3.41. The van der Waals surface area contributed by atoms with E-state index in [1.807, 2.05) is 31.2 Å². The normalized spacial score (nSPS) is 11.8. The smallest absolute Gasteiger partial charge is 0.122 e. The van der Waals surface area contributed by atoms with E-state index in [0.29, 0.717) is 6.61 Å². The van der Waals surface area contributed by atoms with Crippen LogP contribution in [0.1, 0.15) is 25.0 Å². The Labute approximate surface area is 133 Å². The van der Waals surface area contributed by atoms with E-state index in [4.69, 9.17) is 9.47 Å². The summed E-state index contributed by atoms with van der Waals surface area (Å²) in [5.74, 6) is 1.84. The maximum Gasteiger partial charge on any atom is 0.122 e. The van der Waals surface area contributed by atoms with Crippen molar-refractivity contribution in [3.8, 4) is 11.5 Å². The second kappa shape index (κ2) is 7.74. The van der Waals surface area contributed by atoms with Crippen LogP contribution in [0.15, 0.2) is 42.5 Å². The molecule has 3 heteroatoms. The Balaban J connectivity index is 1.91. The van der Waals surface area contributed by atoms with Crippen molar-refractivity contribution >= 4 is 5.69 Å². The van der Waals surface area contributed by atoms with Crippen molar-refractivity contribution in [3.63, 3.8) is 0 Å². The van der Waals surface area contributed by atoms with Crippen molar-refractivity contribution in [2.24, 2.45) is 0 Å². The van der Waals surface area contributed by atoms with Gasteiger partial charge in [-0.1, -0.05) is 18.2 Å². The molecule has 1 atom stereocenters. The third-order valence-corrected chi connectivity index (χ3v) is 3.41. The van der Waals surface area contributed by atoms with Gasteiger partial charge in [0.15, 0.2) is 0 Å². The van der Waals surface area contributed by atoms with Crippen LogP contribution in [0.4, 0.5) is 5.69 Å². The molecular formula is C19H25NO2. The summed E-state index contributed by atoms with van der Waals surface area (Å²) < 4.78 is 11.5. The molecule has 3 nitrogen and oxygen atoms in total. The van der Waals surface area contributed by atoms with Crippen LogP contribution < -0.4 is 14.8 Å². The van der Waals surface area contributed by atoms with Crippen molar-refractivity contribution in [2.75, 3.05) is 18.5 Å². The molecule has 0 heterocycles. The lowest BCUT2D eigenvalue weighted by atomic mass is 10.1. The predicted octanol–water partition coefficient (Wildman–Crippen LogP) is 4.58. The lowest BCUT2D eigenvalue weighted by Crippen LogP contribution is -2.23. The van der Waals surface area contributed by atoms with Crippen LogP contribution in [-0.2, 0) is 0 Å². The van der Waals surface area contributed by atoms with Crippen LogP contribution in [0.5, 0.6) is 11.5 Å². The topological polar surface area (TPSA) is 30.5 Å². The predicted molar refractivity (Wildman–Crippen MR) is 92.1 cm³/mol.